The third-order valence-electron chi connectivity index (χ3n) is 2.31. The Morgan fingerprint density at radius 2 is 1.88 bits per heavy atom. The second-order valence-electron chi connectivity index (χ2n) is 3.48. The predicted octanol–water partition coefficient (Wildman–Crippen LogP) is 1.53. The molecule has 2 heterocycles. The van der Waals surface area contributed by atoms with Gasteiger partial charge in [-0.15, -0.1) is 0 Å². The lowest BCUT2D eigenvalue weighted by Gasteiger charge is -2.05. The highest BCUT2D eigenvalue weighted by Gasteiger charge is 1.97. The average Bonchev–Trinajstić information content (AvgIpc) is 2.41. The van der Waals surface area contributed by atoms with E-state index in [1.54, 1.807) is 31.9 Å². The van der Waals surface area contributed by atoms with Crippen molar-refractivity contribution < 1.29 is 4.74 Å². The van der Waals surface area contributed by atoms with Gasteiger partial charge in [-0.1, -0.05) is 0 Å². The summed E-state index contributed by atoms with van der Waals surface area (Å²) in [6.07, 6.45) is 7.78. The van der Waals surface area contributed by atoms with Gasteiger partial charge in [0.15, 0.2) is 5.75 Å². The summed E-state index contributed by atoms with van der Waals surface area (Å²) in [6.45, 7) is 0.788. The average molecular weight is 230 g/mol. The van der Waals surface area contributed by atoms with Gasteiger partial charge < -0.3 is 10.1 Å². The van der Waals surface area contributed by atoms with E-state index in [2.05, 4.69) is 20.3 Å². The molecule has 17 heavy (non-hydrogen) atoms. The molecule has 88 valence electrons. The minimum atomic E-state index is 0.611. The van der Waals surface area contributed by atoms with Crippen LogP contribution in [0.3, 0.4) is 0 Å². The number of anilines is 1. The lowest BCUT2D eigenvalue weighted by atomic mass is 10.2. The van der Waals surface area contributed by atoms with Crippen molar-refractivity contribution in [2.45, 2.75) is 6.42 Å². The third-order valence-corrected chi connectivity index (χ3v) is 2.31. The third kappa shape index (κ3) is 3.41. The van der Waals surface area contributed by atoms with E-state index in [9.17, 15) is 0 Å². The Labute approximate surface area is 99.9 Å². The lowest BCUT2D eigenvalue weighted by molar-refractivity contribution is 0.411. The van der Waals surface area contributed by atoms with Crippen molar-refractivity contribution in [2.75, 3.05) is 19.0 Å². The first-order valence-corrected chi connectivity index (χ1v) is 5.37. The van der Waals surface area contributed by atoms with Crippen LogP contribution >= 0.6 is 0 Å². The Hall–Kier alpha value is -2.17. The highest BCUT2D eigenvalue weighted by molar-refractivity contribution is 5.27. The highest BCUT2D eigenvalue weighted by atomic mass is 16.5. The SMILES string of the molecule is COc1cnc(NCCc2ccncc2)nc1. The molecule has 0 atom stereocenters. The fourth-order valence-electron chi connectivity index (χ4n) is 1.38. The summed E-state index contributed by atoms with van der Waals surface area (Å²) < 4.78 is 4.98. The van der Waals surface area contributed by atoms with Gasteiger partial charge in [-0.2, -0.15) is 0 Å². The Kier molecular flexibility index (Phi) is 3.85. The summed E-state index contributed by atoms with van der Waals surface area (Å²) in [6, 6.07) is 3.99. The minimum absolute atomic E-state index is 0.611. The van der Waals surface area contributed by atoms with E-state index in [0.717, 1.165) is 13.0 Å². The van der Waals surface area contributed by atoms with Crippen LogP contribution in [0.25, 0.3) is 0 Å². The first-order chi connectivity index (χ1) is 8.38. The topological polar surface area (TPSA) is 59.9 Å². The standard InChI is InChI=1S/C12H14N4O/c1-17-11-8-15-12(16-9-11)14-7-4-10-2-5-13-6-3-10/h2-3,5-6,8-9H,4,7H2,1H3,(H,14,15,16). The molecule has 0 aliphatic rings. The Balaban J connectivity index is 1.82. The van der Waals surface area contributed by atoms with Gasteiger partial charge in [0, 0.05) is 18.9 Å². The summed E-state index contributed by atoms with van der Waals surface area (Å²) in [7, 11) is 1.59. The number of aromatic nitrogens is 3. The van der Waals surface area contributed by atoms with Crippen LogP contribution in [0, 0.1) is 0 Å². The predicted molar refractivity (Wildman–Crippen MR) is 65.0 cm³/mol. The zero-order valence-corrected chi connectivity index (χ0v) is 9.63. The van der Waals surface area contributed by atoms with Crippen LogP contribution in [0.15, 0.2) is 36.9 Å². The smallest absolute Gasteiger partial charge is 0.222 e. The Morgan fingerprint density at radius 1 is 1.18 bits per heavy atom. The molecule has 2 rings (SSSR count). The van der Waals surface area contributed by atoms with Crippen molar-refractivity contribution in [3.63, 3.8) is 0 Å². The molecule has 0 aliphatic heterocycles. The van der Waals surface area contributed by atoms with Crippen LogP contribution in [0.1, 0.15) is 5.56 Å². The number of pyridine rings is 1. The molecule has 2 aromatic rings. The summed E-state index contributed by atoms with van der Waals surface area (Å²) in [5, 5.41) is 3.15. The van der Waals surface area contributed by atoms with Crippen LogP contribution < -0.4 is 10.1 Å². The van der Waals surface area contributed by atoms with Crippen molar-refractivity contribution in [2.24, 2.45) is 0 Å². The van der Waals surface area contributed by atoms with Gasteiger partial charge in [0.2, 0.25) is 5.95 Å². The van der Waals surface area contributed by atoms with Gasteiger partial charge in [0.05, 0.1) is 19.5 Å². The molecule has 0 spiro atoms. The minimum Gasteiger partial charge on any atom is -0.494 e. The summed E-state index contributed by atoms with van der Waals surface area (Å²) in [5.74, 6) is 1.27. The van der Waals surface area contributed by atoms with Crippen molar-refractivity contribution in [1.29, 1.82) is 0 Å². The molecule has 0 fully saturated rings. The van der Waals surface area contributed by atoms with Crippen molar-refractivity contribution in [3.8, 4) is 5.75 Å². The van der Waals surface area contributed by atoms with Gasteiger partial charge in [-0.25, -0.2) is 9.97 Å². The molecule has 0 aliphatic carbocycles. The number of hydrogen-bond donors (Lipinski definition) is 1. The Bertz CT molecular complexity index is 444. The van der Waals surface area contributed by atoms with Crippen LogP contribution in [0.4, 0.5) is 5.95 Å². The van der Waals surface area contributed by atoms with Crippen LogP contribution in [-0.2, 0) is 6.42 Å². The van der Waals surface area contributed by atoms with E-state index in [4.69, 9.17) is 4.74 Å². The summed E-state index contributed by atoms with van der Waals surface area (Å²) in [4.78, 5) is 12.2. The normalized spacial score (nSPS) is 9.94. The first-order valence-electron chi connectivity index (χ1n) is 5.37. The van der Waals surface area contributed by atoms with E-state index >= 15 is 0 Å². The zero-order chi connectivity index (χ0) is 11.9. The molecular weight excluding hydrogens is 216 g/mol. The number of methoxy groups -OCH3 is 1. The van der Waals surface area contributed by atoms with Crippen LogP contribution in [0.5, 0.6) is 5.75 Å². The largest absolute Gasteiger partial charge is 0.494 e. The monoisotopic (exact) mass is 230 g/mol. The van der Waals surface area contributed by atoms with E-state index in [-0.39, 0.29) is 0 Å². The molecule has 5 heteroatoms. The molecule has 0 aromatic carbocycles. The number of nitrogens with zero attached hydrogens (tertiary/aromatic N) is 3. The summed E-state index contributed by atoms with van der Waals surface area (Å²) >= 11 is 0. The van der Waals surface area contributed by atoms with Crippen molar-refractivity contribution >= 4 is 5.95 Å². The fourth-order valence-corrected chi connectivity index (χ4v) is 1.38. The van der Waals surface area contributed by atoms with E-state index in [0.29, 0.717) is 11.7 Å². The molecule has 5 nitrogen and oxygen atoms in total. The molecule has 0 amide bonds. The Morgan fingerprint density at radius 3 is 2.53 bits per heavy atom. The van der Waals surface area contributed by atoms with Gasteiger partial charge in [-0.3, -0.25) is 4.98 Å². The number of nitrogens with one attached hydrogen (secondary N) is 1. The van der Waals surface area contributed by atoms with Crippen LogP contribution in [0.2, 0.25) is 0 Å². The van der Waals surface area contributed by atoms with Gasteiger partial charge >= 0.3 is 0 Å². The maximum absolute atomic E-state index is 4.98. The fraction of sp³-hybridized carbons (Fsp3) is 0.250. The first kappa shape index (κ1) is 11.3. The summed E-state index contributed by atoms with van der Waals surface area (Å²) in [5.41, 5.74) is 1.24. The highest BCUT2D eigenvalue weighted by Crippen LogP contribution is 2.07. The lowest BCUT2D eigenvalue weighted by Crippen LogP contribution is -2.07. The molecule has 0 saturated carbocycles. The number of ether oxygens (including phenoxy) is 1. The zero-order valence-electron chi connectivity index (χ0n) is 9.63. The second-order valence-corrected chi connectivity index (χ2v) is 3.48. The van der Waals surface area contributed by atoms with E-state index < -0.39 is 0 Å². The maximum atomic E-state index is 4.98. The molecule has 0 unspecified atom stereocenters. The van der Waals surface area contributed by atoms with Crippen molar-refractivity contribution in [1.82, 2.24) is 15.0 Å². The van der Waals surface area contributed by atoms with E-state index in [1.165, 1.54) is 5.56 Å². The number of hydrogen-bond acceptors (Lipinski definition) is 5. The quantitative estimate of drug-likeness (QED) is 0.844. The van der Waals surface area contributed by atoms with Crippen LogP contribution in [-0.4, -0.2) is 28.6 Å². The molecule has 0 radical (unpaired) electrons. The van der Waals surface area contributed by atoms with Gasteiger partial charge in [-0.05, 0) is 24.1 Å². The molecular formula is C12H14N4O. The molecule has 2 aromatic heterocycles. The number of rotatable bonds is 5. The van der Waals surface area contributed by atoms with E-state index in [1.807, 2.05) is 12.1 Å². The molecule has 0 saturated heterocycles. The van der Waals surface area contributed by atoms with Gasteiger partial charge in [0.25, 0.3) is 0 Å². The van der Waals surface area contributed by atoms with Crippen molar-refractivity contribution in [3.05, 3.63) is 42.5 Å². The maximum Gasteiger partial charge on any atom is 0.222 e. The second kappa shape index (κ2) is 5.79. The molecule has 1 N–H and O–H groups in total. The van der Waals surface area contributed by atoms with Gasteiger partial charge in [0.1, 0.15) is 0 Å². The molecule has 0 bridgehead atoms.